The van der Waals surface area contributed by atoms with E-state index in [-0.39, 0.29) is 37.1 Å². The van der Waals surface area contributed by atoms with Gasteiger partial charge in [0.15, 0.2) is 0 Å². The van der Waals surface area contributed by atoms with Gasteiger partial charge in [-0.1, -0.05) is 6.92 Å². The molecule has 2 amide bonds. The first-order chi connectivity index (χ1) is 12.1. The number of nitrogens with zero attached hydrogens (tertiary/aromatic N) is 1. The summed E-state index contributed by atoms with van der Waals surface area (Å²) in [7, 11) is 0. The smallest absolute Gasteiger partial charge is 0.317 e. The van der Waals surface area contributed by atoms with Crippen LogP contribution >= 0.6 is 0 Å². The summed E-state index contributed by atoms with van der Waals surface area (Å²) >= 11 is 0. The molecule has 4 fully saturated rings. The lowest BCUT2D eigenvalue weighted by atomic mass is 9.77. The maximum atomic E-state index is 13.3. The third kappa shape index (κ3) is 3.63. The Morgan fingerprint density at radius 2 is 2.24 bits per heavy atom. The number of nitrogens with one attached hydrogen (secondary N) is 3. The predicted octanol–water partition coefficient (Wildman–Crippen LogP) is 1.11. The van der Waals surface area contributed by atoms with Crippen LogP contribution in [-0.2, 0) is 9.57 Å². The van der Waals surface area contributed by atoms with Crippen LogP contribution in [0.2, 0.25) is 0 Å². The van der Waals surface area contributed by atoms with Gasteiger partial charge in [-0.25, -0.2) is 9.18 Å². The zero-order valence-electron chi connectivity index (χ0n) is 14.7. The van der Waals surface area contributed by atoms with Crippen molar-refractivity contribution in [1.29, 1.82) is 0 Å². The molecule has 3 N–H and O–H groups in total. The van der Waals surface area contributed by atoms with Gasteiger partial charge in [-0.15, -0.1) is 0 Å². The molecule has 1 aliphatic carbocycles. The van der Waals surface area contributed by atoms with E-state index in [4.69, 9.17) is 9.57 Å². The number of hydrogen-bond acceptors (Lipinski definition) is 5. The number of hydroxylamine groups is 1. The topological polar surface area (TPSA) is 74.9 Å². The molecular formula is C17H29FN4O3. The van der Waals surface area contributed by atoms with E-state index in [1.165, 1.54) is 0 Å². The number of alkyl halides is 1. The van der Waals surface area contributed by atoms with Crippen LogP contribution in [0.25, 0.3) is 0 Å². The molecule has 7 nitrogen and oxygen atoms in total. The van der Waals surface area contributed by atoms with Crippen LogP contribution in [0.15, 0.2) is 0 Å². The fraction of sp³-hybridized carbons (Fsp3) is 0.941. The van der Waals surface area contributed by atoms with Gasteiger partial charge in [0.1, 0.15) is 12.4 Å². The van der Waals surface area contributed by atoms with Crippen LogP contribution in [0.3, 0.4) is 0 Å². The normalized spacial score (nSPS) is 44.1. The molecular weight excluding hydrogens is 327 g/mol. The largest absolute Gasteiger partial charge is 0.376 e. The van der Waals surface area contributed by atoms with Crippen molar-refractivity contribution in [3.05, 3.63) is 0 Å². The van der Waals surface area contributed by atoms with Crippen molar-refractivity contribution in [2.24, 2.45) is 11.8 Å². The Hall–Kier alpha value is -0.960. The second-order valence-corrected chi connectivity index (χ2v) is 7.77. The first-order valence-electron chi connectivity index (χ1n) is 9.62. The fourth-order valence-electron chi connectivity index (χ4n) is 4.65. The summed E-state index contributed by atoms with van der Waals surface area (Å²) in [4.78, 5) is 19.4. The van der Waals surface area contributed by atoms with Crippen LogP contribution in [0.4, 0.5) is 9.18 Å². The number of carbonyl (C=O) groups excluding carboxylic acids is 1. The Morgan fingerprint density at radius 1 is 1.36 bits per heavy atom. The van der Waals surface area contributed by atoms with Crippen molar-refractivity contribution in [2.75, 3.05) is 19.7 Å². The van der Waals surface area contributed by atoms with Crippen LogP contribution in [0.1, 0.15) is 39.0 Å². The number of carbonyl (C=O) groups is 1. The molecule has 1 saturated carbocycles. The molecule has 0 bridgehead atoms. The van der Waals surface area contributed by atoms with Crippen LogP contribution in [-0.4, -0.2) is 61.3 Å². The van der Waals surface area contributed by atoms with Gasteiger partial charge in [-0.2, -0.15) is 5.48 Å². The number of urea groups is 1. The summed E-state index contributed by atoms with van der Waals surface area (Å²) in [5, 5.41) is 6.55. The molecule has 4 rings (SSSR count). The van der Waals surface area contributed by atoms with Crippen LogP contribution in [0, 0.1) is 11.8 Å². The summed E-state index contributed by atoms with van der Waals surface area (Å²) in [6.45, 7) is 3.37. The number of rotatable bonds is 3. The van der Waals surface area contributed by atoms with Crippen LogP contribution in [0.5, 0.6) is 0 Å². The Balaban J connectivity index is 1.28. The van der Waals surface area contributed by atoms with Crippen LogP contribution < -0.4 is 16.1 Å². The van der Waals surface area contributed by atoms with Gasteiger partial charge in [-0.05, 0) is 38.0 Å². The van der Waals surface area contributed by atoms with E-state index in [9.17, 15) is 9.18 Å². The second kappa shape index (κ2) is 7.34. The van der Waals surface area contributed by atoms with Crippen molar-refractivity contribution in [2.45, 2.75) is 69.7 Å². The lowest BCUT2D eigenvalue weighted by Gasteiger charge is -2.35. The summed E-state index contributed by atoms with van der Waals surface area (Å²) in [6.07, 6.45) is 4.02. The van der Waals surface area contributed by atoms with Gasteiger partial charge >= 0.3 is 6.03 Å². The Kier molecular flexibility index (Phi) is 5.13. The third-order valence-electron chi connectivity index (χ3n) is 6.16. The fourth-order valence-corrected chi connectivity index (χ4v) is 4.65. The lowest BCUT2D eigenvalue weighted by Crippen LogP contribution is -2.49. The highest BCUT2D eigenvalue weighted by molar-refractivity contribution is 5.75. The third-order valence-corrected chi connectivity index (χ3v) is 6.16. The highest BCUT2D eigenvalue weighted by Crippen LogP contribution is 2.39. The van der Waals surface area contributed by atoms with Crippen molar-refractivity contribution in [1.82, 2.24) is 21.0 Å². The van der Waals surface area contributed by atoms with Gasteiger partial charge in [0, 0.05) is 12.5 Å². The first kappa shape index (κ1) is 17.5. The van der Waals surface area contributed by atoms with E-state index in [2.05, 4.69) is 23.0 Å². The Bertz CT molecular complexity index is 497. The average Bonchev–Trinajstić information content (AvgIpc) is 3.34. The molecule has 0 aromatic heterocycles. The molecule has 25 heavy (non-hydrogen) atoms. The summed E-state index contributed by atoms with van der Waals surface area (Å²) in [5.41, 5.74) is 3.11. The van der Waals surface area contributed by atoms with Gasteiger partial charge in [-0.3, -0.25) is 10.2 Å². The molecule has 8 heteroatoms. The van der Waals surface area contributed by atoms with E-state index in [0.29, 0.717) is 31.4 Å². The van der Waals surface area contributed by atoms with Gasteiger partial charge < -0.3 is 15.0 Å². The van der Waals surface area contributed by atoms with E-state index in [1.807, 2.05) is 0 Å². The number of ether oxygens (including phenoxy) is 1. The number of halogens is 1. The van der Waals surface area contributed by atoms with E-state index in [0.717, 1.165) is 25.7 Å². The minimum absolute atomic E-state index is 0.0428. The number of fused-ring (bicyclic) bond motifs is 1. The Labute approximate surface area is 147 Å². The molecule has 0 aromatic carbocycles. The van der Waals surface area contributed by atoms with Crippen molar-refractivity contribution in [3.8, 4) is 0 Å². The molecule has 3 aliphatic heterocycles. The zero-order chi connectivity index (χ0) is 17.4. The van der Waals surface area contributed by atoms with Gasteiger partial charge in [0.2, 0.25) is 0 Å². The van der Waals surface area contributed by atoms with Crippen molar-refractivity contribution >= 4 is 6.03 Å². The molecule has 142 valence electrons. The zero-order valence-corrected chi connectivity index (χ0v) is 14.7. The molecule has 3 heterocycles. The minimum Gasteiger partial charge on any atom is -0.376 e. The molecule has 0 aromatic rings. The highest BCUT2D eigenvalue weighted by Gasteiger charge is 2.45. The van der Waals surface area contributed by atoms with Gasteiger partial charge in [0.05, 0.1) is 31.5 Å². The van der Waals surface area contributed by atoms with Crippen molar-refractivity contribution < 1.29 is 18.8 Å². The van der Waals surface area contributed by atoms with Crippen molar-refractivity contribution in [3.63, 3.8) is 0 Å². The average molecular weight is 356 g/mol. The standard InChI is InChI=1S/C17H29FN4O3/c1-2-15-20-16(21-25-15)10-3-4-12-13(9-24-14(12)7-10)19-17(23)22-6-5-11(18)8-22/h10-16,20-21H,2-9H2,1H3,(H,19,23)/t10?,11-,12?,13+,14?,15?,16?/m0/s1. The highest BCUT2D eigenvalue weighted by atomic mass is 19.1. The maximum Gasteiger partial charge on any atom is 0.317 e. The molecule has 5 unspecified atom stereocenters. The first-order valence-corrected chi connectivity index (χ1v) is 9.62. The predicted molar refractivity (Wildman–Crippen MR) is 89.2 cm³/mol. The lowest BCUT2D eigenvalue weighted by molar-refractivity contribution is 0.00265. The maximum absolute atomic E-state index is 13.3. The molecule has 4 aliphatic rings. The molecule has 0 spiro atoms. The molecule has 0 radical (unpaired) electrons. The quantitative estimate of drug-likeness (QED) is 0.706. The SMILES string of the molecule is CCC1NC(C2CCC3C(C2)OC[C@H]3NC(=O)N2CC[C@H](F)C2)NO1. The monoisotopic (exact) mass is 356 g/mol. The van der Waals surface area contributed by atoms with E-state index >= 15 is 0 Å². The summed E-state index contributed by atoms with van der Waals surface area (Å²) in [5.74, 6) is 0.825. The number of likely N-dealkylation sites (tertiary alicyclic amines) is 1. The number of hydrogen-bond donors (Lipinski definition) is 3. The summed E-state index contributed by atoms with van der Waals surface area (Å²) in [6, 6.07) is -0.101. The molecule has 3 saturated heterocycles. The molecule has 7 atom stereocenters. The second-order valence-electron chi connectivity index (χ2n) is 7.77. The van der Waals surface area contributed by atoms with E-state index in [1.54, 1.807) is 4.90 Å². The Morgan fingerprint density at radius 3 is 2.96 bits per heavy atom. The van der Waals surface area contributed by atoms with E-state index < -0.39 is 6.17 Å². The number of amides is 2. The minimum atomic E-state index is -0.880. The summed E-state index contributed by atoms with van der Waals surface area (Å²) < 4.78 is 19.3. The van der Waals surface area contributed by atoms with Gasteiger partial charge in [0.25, 0.3) is 0 Å².